The molecule has 1 amide bonds. The summed E-state index contributed by atoms with van der Waals surface area (Å²) in [5, 5.41) is 3.24. The van der Waals surface area contributed by atoms with Crippen LogP contribution in [0.2, 0.25) is 0 Å². The van der Waals surface area contributed by atoms with Crippen LogP contribution in [0.3, 0.4) is 0 Å². The molecule has 0 unspecified atom stereocenters. The molecular formula is C21H23N3O4S2. The second-order valence-corrected chi connectivity index (χ2v) is 10.4. The number of methoxy groups -OCH3 is 1. The summed E-state index contributed by atoms with van der Waals surface area (Å²) in [5.74, 6) is 0.653. The number of sulfonamides is 1. The second kappa shape index (κ2) is 8.33. The standard InChI is InChI=1S/C21H23N3O4S2/c1-14-5-4-12-24(13-14)30(26,27)16-10-8-15(9-11-16)20(25)23-21-22-19-17(28-2)6-3-7-18(19)29-21/h3,6-11,14H,4-5,12-13H2,1-2H3,(H,22,23,25)/t14-/m0/s1. The summed E-state index contributed by atoms with van der Waals surface area (Å²) in [4.78, 5) is 17.3. The lowest BCUT2D eigenvalue weighted by Crippen LogP contribution is -2.39. The van der Waals surface area contributed by atoms with E-state index in [0.717, 1.165) is 17.5 Å². The Bertz CT molecular complexity index is 1170. The molecule has 1 aliphatic rings. The van der Waals surface area contributed by atoms with Gasteiger partial charge in [-0.3, -0.25) is 10.1 Å². The molecule has 3 aromatic rings. The van der Waals surface area contributed by atoms with Gasteiger partial charge in [-0.05, 0) is 55.2 Å². The lowest BCUT2D eigenvalue weighted by molar-refractivity contribution is 0.102. The number of carbonyl (C=O) groups excluding carboxylic acids is 1. The fraction of sp³-hybridized carbons (Fsp3) is 0.333. The third-order valence-electron chi connectivity index (χ3n) is 5.20. The number of hydrogen-bond donors (Lipinski definition) is 1. The maximum absolute atomic E-state index is 12.9. The average molecular weight is 446 g/mol. The van der Waals surface area contributed by atoms with E-state index in [1.165, 1.54) is 39.9 Å². The number of ether oxygens (including phenoxy) is 1. The number of nitrogens with zero attached hydrogens (tertiary/aromatic N) is 2. The minimum Gasteiger partial charge on any atom is -0.494 e. The van der Waals surface area contributed by atoms with Gasteiger partial charge in [0.1, 0.15) is 11.3 Å². The van der Waals surface area contributed by atoms with Crippen molar-refractivity contribution in [2.24, 2.45) is 5.92 Å². The van der Waals surface area contributed by atoms with E-state index in [0.29, 0.717) is 41.0 Å². The minimum absolute atomic E-state index is 0.206. The number of amides is 1. The molecular weight excluding hydrogens is 422 g/mol. The molecule has 1 aliphatic heterocycles. The Balaban J connectivity index is 1.51. The van der Waals surface area contributed by atoms with Crippen LogP contribution in [0.1, 0.15) is 30.1 Å². The molecule has 9 heteroatoms. The van der Waals surface area contributed by atoms with E-state index in [1.807, 2.05) is 18.2 Å². The van der Waals surface area contributed by atoms with Crippen LogP contribution in [0, 0.1) is 5.92 Å². The summed E-state index contributed by atoms with van der Waals surface area (Å²) in [5.41, 5.74) is 1.06. The number of rotatable bonds is 5. The van der Waals surface area contributed by atoms with Crippen LogP contribution in [0.5, 0.6) is 5.75 Å². The highest BCUT2D eigenvalue weighted by Gasteiger charge is 2.28. The Labute approximate surface area is 179 Å². The zero-order valence-corrected chi connectivity index (χ0v) is 18.4. The molecule has 0 bridgehead atoms. The van der Waals surface area contributed by atoms with Gasteiger partial charge < -0.3 is 4.74 Å². The summed E-state index contributed by atoms with van der Waals surface area (Å²) in [6, 6.07) is 11.6. The lowest BCUT2D eigenvalue weighted by Gasteiger charge is -2.30. The predicted molar refractivity (Wildman–Crippen MR) is 118 cm³/mol. The molecule has 0 aliphatic carbocycles. The van der Waals surface area contributed by atoms with Crippen molar-refractivity contribution in [2.45, 2.75) is 24.7 Å². The van der Waals surface area contributed by atoms with E-state index < -0.39 is 10.0 Å². The first-order valence-corrected chi connectivity index (χ1v) is 12.0. The number of aromatic nitrogens is 1. The first-order valence-electron chi connectivity index (χ1n) is 9.73. The summed E-state index contributed by atoms with van der Waals surface area (Å²) < 4.78 is 33.5. The number of fused-ring (bicyclic) bond motifs is 1. The quantitative estimate of drug-likeness (QED) is 0.642. The summed E-state index contributed by atoms with van der Waals surface area (Å²) in [6.45, 7) is 3.13. The van der Waals surface area contributed by atoms with Crippen molar-refractivity contribution >= 4 is 42.6 Å². The van der Waals surface area contributed by atoms with Gasteiger partial charge >= 0.3 is 0 Å². The lowest BCUT2D eigenvalue weighted by atomic mass is 10.0. The number of carbonyl (C=O) groups is 1. The van der Waals surface area contributed by atoms with Crippen molar-refractivity contribution in [3.05, 3.63) is 48.0 Å². The normalized spacial score (nSPS) is 17.7. The number of benzene rings is 2. The molecule has 7 nitrogen and oxygen atoms in total. The molecule has 30 heavy (non-hydrogen) atoms. The Morgan fingerprint density at radius 1 is 1.23 bits per heavy atom. The smallest absolute Gasteiger partial charge is 0.257 e. The van der Waals surface area contributed by atoms with Gasteiger partial charge in [0.15, 0.2) is 5.13 Å². The zero-order valence-electron chi connectivity index (χ0n) is 16.8. The number of hydrogen-bond acceptors (Lipinski definition) is 6. The molecule has 0 spiro atoms. The second-order valence-electron chi connectivity index (χ2n) is 7.41. The van der Waals surface area contributed by atoms with E-state index in [1.54, 1.807) is 7.11 Å². The predicted octanol–water partition coefficient (Wildman–Crippen LogP) is 3.98. The van der Waals surface area contributed by atoms with Crippen LogP contribution in [0.25, 0.3) is 10.2 Å². The van der Waals surface area contributed by atoms with Gasteiger partial charge in [0.05, 0.1) is 16.7 Å². The number of thiazole rings is 1. The molecule has 158 valence electrons. The van der Waals surface area contributed by atoms with Gasteiger partial charge in [-0.25, -0.2) is 13.4 Å². The maximum atomic E-state index is 12.9. The van der Waals surface area contributed by atoms with Crippen LogP contribution in [0.4, 0.5) is 5.13 Å². The Hall–Kier alpha value is -2.49. The molecule has 1 fully saturated rings. The fourth-order valence-electron chi connectivity index (χ4n) is 3.60. The van der Waals surface area contributed by atoms with Gasteiger partial charge in [0.25, 0.3) is 5.91 Å². The topological polar surface area (TPSA) is 88.6 Å². The van der Waals surface area contributed by atoms with E-state index in [2.05, 4.69) is 17.2 Å². The first-order chi connectivity index (χ1) is 14.4. The van der Waals surface area contributed by atoms with Crippen LogP contribution in [0.15, 0.2) is 47.4 Å². The molecule has 2 aromatic carbocycles. The highest BCUT2D eigenvalue weighted by Crippen LogP contribution is 2.32. The van der Waals surface area contributed by atoms with Gasteiger partial charge in [-0.15, -0.1) is 0 Å². The molecule has 1 atom stereocenters. The van der Waals surface area contributed by atoms with Crippen molar-refractivity contribution in [3.63, 3.8) is 0 Å². The monoisotopic (exact) mass is 445 g/mol. The number of piperidine rings is 1. The molecule has 1 saturated heterocycles. The Kier molecular flexibility index (Phi) is 5.77. The summed E-state index contributed by atoms with van der Waals surface area (Å²) in [6.07, 6.45) is 1.91. The van der Waals surface area contributed by atoms with Gasteiger partial charge in [-0.1, -0.05) is 24.3 Å². The fourth-order valence-corrected chi connectivity index (χ4v) is 6.08. The maximum Gasteiger partial charge on any atom is 0.257 e. The molecule has 4 rings (SSSR count). The van der Waals surface area contributed by atoms with E-state index in [-0.39, 0.29) is 10.8 Å². The van der Waals surface area contributed by atoms with E-state index in [9.17, 15) is 13.2 Å². The minimum atomic E-state index is -3.54. The van der Waals surface area contributed by atoms with Crippen LogP contribution < -0.4 is 10.1 Å². The first kappa shape index (κ1) is 20.8. The molecule has 0 saturated carbocycles. The summed E-state index contributed by atoms with van der Waals surface area (Å²) >= 11 is 1.35. The summed E-state index contributed by atoms with van der Waals surface area (Å²) in [7, 11) is -1.97. The molecule has 0 radical (unpaired) electrons. The van der Waals surface area contributed by atoms with Crippen molar-refractivity contribution < 1.29 is 17.9 Å². The third-order valence-corrected chi connectivity index (χ3v) is 8.01. The van der Waals surface area contributed by atoms with Crippen molar-refractivity contribution in [1.29, 1.82) is 0 Å². The third kappa shape index (κ3) is 4.05. The number of para-hydroxylation sites is 1. The van der Waals surface area contributed by atoms with Crippen LogP contribution in [-0.4, -0.2) is 43.8 Å². The highest BCUT2D eigenvalue weighted by atomic mass is 32.2. The zero-order chi connectivity index (χ0) is 21.3. The van der Waals surface area contributed by atoms with Crippen LogP contribution in [-0.2, 0) is 10.0 Å². The number of anilines is 1. The van der Waals surface area contributed by atoms with Crippen LogP contribution >= 0.6 is 11.3 Å². The van der Waals surface area contributed by atoms with Gasteiger partial charge in [-0.2, -0.15) is 4.31 Å². The average Bonchev–Trinajstić information content (AvgIpc) is 3.16. The number of nitrogens with one attached hydrogen (secondary N) is 1. The van der Waals surface area contributed by atoms with Crippen molar-refractivity contribution in [3.8, 4) is 5.75 Å². The molecule has 2 heterocycles. The van der Waals surface area contributed by atoms with Gasteiger partial charge in [0, 0.05) is 18.7 Å². The van der Waals surface area contributed by atoms with Crippen molar-refractivity contribution in [2.75, 3.05) is 25.5 Å². The molecule has 1 N–H and O–H groups in total. The van der Waals surface area contributed by atoms with Gasteiger partial charge in [0.2, 0.25) is 10.0 Å². The highest BCUT2D eigenvalue weighted by molar-refractivity contribution is 7.89. The SMILES string of the molecule is COc1cccc2sc(NC(=O)c3ccc(S(=O)(=O)N4CCC[C@H](C)C4)cc3)nc12. The molecule has 1 aromatic heterocycles. The van der Waals surface area contributed by atoms with E-state index in [4.69, 9.17) is 4.74 Å². The Morgan fingerprint density at radius 2 is 2.00 bits per heavy atom. The largest absolute Gasteiger partial charge is 0.494 e. The van der Waals surface area contributed by atoms with E-state index >= 15 is 0 Å². The Morgan fingerprint density at radius 3 is 2.70 bits per heavy atom. The van der Waals surface area contributed by atoms with Crippen molar-refractivity contribution in [1.82, 2.24) is 9.29 Å².